The van der Waals surface area contributed by atoms with Gasteiger partial charge in [-0.2, -0.15) is 0 Å². The van der Waals surface area contributed by atoms with Crippen molar-refractivity contribution in [1.29, 1.82) is 0 Å². The average Bonchev–Trinajstić information content (AvgIpc) is 2.83. The molecule has 1 aromatic heterocycles. The van der Waals surface area contributed by atoms with E-state index in [1.165, 1.54) is 17.7 Å². The van der Waals surface area contributed by atoms with E-state index >= 15 is 0 Å². The second-order valence-corrected chi connectivity index (χ2v) is 8.50. The molecule has 0 saturated heterocycles. The normalized spacial score (nSPS) is 22.6. The Hall–Kier alpha value is 0.0600. The minimum absolute atomic E-state index is 0.138. The van der Waals surface area contributed by atoms with Gasteiger partial charge in [-0.05, 0) is 53.1 Å². The lowest BCUT2D eigenvalue weighted by molar-refractivity contribution is -0.0860. The summed E-state index contributed by atoms with van der Waals surface area (Å²) >= 11 is 5.28. The second-order valence-electron chi connectivity index (χ2n) is 6.59. The lowest BCUT2D eigenvalue weighted by atomic mass is 9.68. The van der Waals surface area contributed by atoms with Gasteiger partial charge in [-0.25, -0.2) is 0 Å². The predicted molar refractivity (Wildman–Crippen MR) is 88.8 cm³/mol. The molecule has 0 aromatic carbocycles. The van der Waals surface area contributed by atoms with Gasteiger partial charge in [0.1, 0.15) is 0 Å². The van der Waals surface area contributed by atoms with E-state index in [2.05, 4.69) is 46.6 Å². The second kappa shape index (κ2) is 6.44. The number of hydrazine groups is 1. The molecule has 0 amide bonds. The van der Waals surface area contributed by atoms with Crippen LogP contribution >= 0.6 is 27.3 Å². The first-order chi connectivity index (χ1) is 9.41. The van der Waals surface area contributed by atoms with Gasteiger partial charge in [0, 0.05) is 28.3 Å². The monoisotopic (exact) mass is 360 g/mol. The van der Waals surface area contributed by atoms with Crippen molar-refractivity contribution >= 4 is 27.3 Å². The molecule has 5 heteroatoms. The Morgan fingerprint density at radius 3 is 2.50 bits per heavy atom. The largest absolute Gasteiger partial charge is 0.377 e. The molecule has 1 aliphatic carbocycles. The number of ether oxygens (including phenoxy) is 1. The SMILES string of the molecule is COC1(C(Cc2cc(Br)cs2)NN)CCC(C)(C)CC1. The zero-order valence-corrected chi connectivity index (χ0v) is 14.9. The van der Waals surface area contributed by atoms with Gasteiger partial charge in [-0.1, -0.05) is 13.8 Å². The van der Waals surface area contributed by atoms with Crippen LogP contribution in [-0.2, 0) is 11.2 Å². The third-order valence-electron chi connectivity index (χ3n) is 4.72. The summed E-state index contributed by atoms with van der Waals surface area (Å²) in [4.78, 5) is 1.33. The maximum absolute atomic E-state index is 5.95. The number of halogens is 1. The van der Waals surface area contributed by atoms with Crippen LogP contribution in [0.2, 0.25) is 0 Å². The molecule has 1 saturated carbocycles. The Labute approximate surface area is 134 Å². The van der Waals surface area contributed by atoms with Gasteiger partial charge in [-0.15, -0.1) is 11.3 Å². The van der Waals surface area contributed by atoms with E-state index in [-0.39, 0.29) is 11.6 Å². The summed E-state index contributed by atoms with van der Waals surface area (Å²) in [5.41, 5.74) is 3.30. The average molecular weight is 361 g/mol. The molecule has 20 heavy (non-hydrogen) atoms. The summed E-state index contributed by atoms with van der Waals surface area (Å²) in [6, 6.07) is 2.33. The van der Waals surface area contributed by atoms with Crippen LogP contribution in [0.25, 0.3) is 0 Å². The fraction of sp³-hybridized carbons (Fsp3) is 0.733. The molecule has 0 radical (unpaired) electrons. The third kappa shape index (κ3) is 3.63. The van der Waals surface area contributed by atoms with Crippen LogP contribution in [0.15, 0.2) is 15.9 Å². The Bertz CT molecular complexity index is 437. The molecular formula is C15H25BrN2OS. The van der Waals surface area contributed by atoms with E-state index in [0.717, 1.165) is 23.7 Å². The first-order valence-electron chi connectivity index (χ1n) is 7.15. The summed E-state index contributed by atoms with van der Waals surface area (Å²) in [6.07, 6.45) is 5.43. The topological polar surface area (TPSA) is 47.3 Å². The maximum atomic E-state index is 5.95. The fourth-order valence-electron chi connectivity index (χ4n) is 3.10. The Balaban J connectivity index is 2.11. The lowest BCUT2D eigenvalue weighted by Crippen LogP contribution is -2.57. The summed E-state index contributed by atoms with van der Waals surface area (Å²) in [7, 11) is 1.83. The third-order valence-corrected chi connectivity index (χ3v) is 6.44. The number of thiophene rings is 1. The molecule has 1 atom stereocenters. The number of rotatable bonds is 5. The molecule has 3 nitrogen and oxygen atoms in total. The molecule has 1 aromatic rings. The van der Waals surface area contributed by atoms with Crippen molar-refractivity contribution in [3.8, 4) is 0 Å². The van der Waals surface area contributed by atoms with Gasteiger partial charge < -0.3 is 4.74 Å². The molecule has 1 fully saturated rings. The quantitative estimate of drug-likeness (QED) is 0.618. The van der Waals surface area contributed by atoms with E-state index in [0.29, 0.717) is 5.41 Å². The van der Waals surface area contributed by atoms with Crippen LogP contribution < -0.4 is 11.3 Å². The van der Waals surface area contributed by atoms with Crippen molar-refractivity contribution in [2.75, 3.05) is 7.11 Å². The van der Waals surface area contributed by atoms with Crippen LogP contribution in [0.3, 0.4) is 0 Å². The highest BCUT2D eigenvalue weighted by atomic mass is 79.9. The van der Waals surface area contributed by atoms with Crippen molar-refractivity contribution in [1.82, 2.24) is 5.43 Å². The molecule has 0 aliphatic heterocycles. The van der Waals surface area contributed by atoms with Crippen LogP contribution in [-0.4, -0.2) is 18.8 Å². The molecule has 114 valence electrons. The summed E-state index contributed by atoms with van der Waals surface area (Å²) in [6.45, 7) is 4.68. The van der Waals surface area contributed by atoms with Crippen LogP contribution in [0, 0.1) is 5.41 Å². The Morgan fingerprint density at radius 1 is 1.40 bits per heavy atom. The van der Waals surface area contributed by atoms with Crippen LogP contribution in [0.4, 0.5) is 0 Å². The number of methoxy groups -OCH3 is 1. The van der Waals surface area contributed by atoms with Crippen molar-refractivity contribution in [2.45, 2.75) is 57.6 Å². The van der Waals surface area contributed by atoms with Gasteiger partial charge in [0.15, 0.2) is 0 Å². The molecule has 0 bridgehead atoms. The Morgan fingerprint density at radius 2 is 2.05 bits per heavy atom. The summed E-state index contributed by atoms with van der Waals surface area (Å²) < 4.78 is 7.10. The Kier molecular flexibility index (Phi) is 5.29. The van der Waals surface area contributed by atoms with E-state index in [9.17, 15) is 0 Å². The van der Waals surface area contributed by atoms with Crippen molar-refractivity contribution in [3.05, 3.63) is 20.8 Å². The molecule has 1 aliphatic rings. The lowest BCUT2D eigenvalue weighted by Gasteiger charge is -2.46. The molecule has 0 spiro atoms. The van der Waals surface area contributed by atoms with Gasteiger partial charge in [0.25, 0.3) is 0 Å². The molecule has 1 unspecified atom stereocenters. The van der Waals surface area contributed by atoms with Crippen LogP contribution in [0.1, 0.15) is 44.4 Å². The van der Waals surface area contributed by atoms with Crippen molar-refractivity contribution in [2.24, 2.45) is 11.3 Å². The van der Waals surface area contributed by atoms with Crippen LogP contribution in [0.5, 0.6) is 0 Å². The van der Waals surface area contributed by atoms with Crippen molar-refractivity contribution in [3.63, 3.8) is 0 Å². The van der Waals surface area contributed by atoms with E-state index in [4.69, 9.17) is 10.6 Å². The first kappa shape index (κ1) is 16.4. The van der Waals surface area contributed by atoms with Gasteiger partial charge in [-0.3, -0.25) is 11.3 Å². The molecule has 3 N–H and O–H groups in total. The number of nitrogens with two attached hydrogens (primary N) is 1. The van der Waals surface area contributed by atoms with E-state index in [1.807, 2.05) is 7.11 Å². The number of nitrogens with one attached hydrogen (secondary N) is 1. The molecular weight excluding hydrogens is 336 g/mol. The first-order valence-corrected chi connectivity index (χ1v) is 8.82. The van der Waals surface area contributed by atoms with Gasteiger partial charge in [0.05, 0.1) is 11.6 Å². The van der Waals surface area contributed by atoms with E-state index in [1.54, 1.807) is 11.3 Å². The highest BCUT2D eigenvalue weighted by molar-refractivity contribution is 9.10. The van der Waals surface area contributed by atoms with E-state index < -0.39 is 0 Å². The number of hydrogen-bond acceptors (Lipinski definition) is 4. The minimum Gasteiger partial charge on any atom is -0.377 e. The zero-order chi connectivity index (χ0) is 14.8. The maximum Gasteiger partial charge on any atom is 0.0848 e. The highest BCUT2D eigenvalue weighted by Crippen LogP contribution is 2.44. The number of hydrogen-bond donors (Lipinski definition) is 2. The fourth-order valence-corrected chi connectivity index (χ4v) is 4.60. The highest BCUT2D eigenvalue weighted by Gasteiger charge is 2.44. The smallest absolute Gasteiger partial charge is 0.0848 e. The minimum atomic E-state index is -0.138. The summed E-state index contributed by atoms with van der Waals surface area (Å²) in [5, 5.41) is 2.12. The van der Waals surface area contributed by atoms with Gasteiger partial charge in [0.2, 0.25) is 0 Å². The van der Waals surface area contributed by atoms with Gasteiger partial charge >= 0.3 is 0 Å². The predicted octanol–water partition coefficient (Wildman–Crippen LogP) is 3.87. The zero-order valence-electron chi connectivity index (χ0n) is 12.5. The standard InChI is InChI=1S/C15H25BrN2OS/c1-14(2)4-6-15(19-3,7-5-14)13(18-17)9-12-8-11(16)10-20-12/h8,10,13,18H,4-7,9,17H2,1-3H3. The molecule has 2 rings (SSSR count). The summed E-state index contributed by atoms with van der Waals surface area (Å²) in [5.74, 6) is 5.85. The molecule has 1 heterocycles. The van der Waals surface area contributed by atoms with Crippen molar-refractivity contribution < 1.29 is 4.74 Å².